The Bertz CT molecular complexity index is 916. The fourth-order valence-electron chi connectivity index (χ4n) is 3.21. The van der Waals surface area contributed by atoms with Crippen molar-refractivity contribution in [2.24, 2.45) is 11.0 Å². The van der Waals surface area contributed by atoms with Crippen molar-refractivity contribution in [3.63, 3.8) is 0 Å². The van der Waals surface area contributed by atoms with Gasteiger partial charge in [-0.3, -0.25) is 9.59 Å². The van der Waals surface area contributed by atoms with Crippen LogP contribution in [0.2, 0.25) is 0 Å². The molecule has 0 aliphatic heterocycles. The molecule has 0 unspecified atom stereocenters. The van der Waals surface area contributed by atoms with Crippen molar-refractivity contribution in [1.29, 1.82) is 0 Å². The number of hydrazone groups is 1. The van der Waals surface area contributed by atoms with Gasteiger partial charge in [-0.15, -0.1) is 0 Å². The van der Waals surface area contributed by atoms with E-state index in [1.165, 1.54) is 0 Å². The van der Waals surface area contributed by atoms with E-state index in [1.807, 2.05) is 89.2 Å². The van der Waals surface area contributed by atoms with Crippen molar-refractivity contribution in [2.75, 3.05) is 25.6 Å². The van der Waals surface area contributed by atoms with Crippen molar-refractivity contribution in [3.05, 3.63) is 59.2 Å². The average Bonchev–Trinajstić information content (AvgIpc) is 2.73. The van der Waals surface area contributed by atoms with Gasteiger partial charge in [0.2, 0.25) is 0 Å². The molecule has 0 saturated heterocycles. The highest BCUT2D eigenvalue weighted by molar-refractivity contribution is 5.89. The van der Waals surface area contributed by atoms with Crippen LogP contribution in [0.3, 0.4) is 0 Å². The first-order valence-corrected chi connectivity index (χ1v) is 10.8. The Kier molecular flexibility index (Phi) is 9.25. The molecule has 0 saturated carbocycles. The molecule has 7 heteroatoms. The SMILES string of the molecule is Cc1cccc(C)c1OCC(=O)N[C@H](CC(C)C)C(=O)N/N=C\c1ccc(N(C)C)cc1. The number of nitrogens with one attached hydrogen (secondary N) is 2. The van der Waals surface area contributed by atoms with E-state index in [1.54, 1.807) is 6.21 Å². The number of anilines is 1. The topological polar surface area (TPSA) is 83.0 Å². The molecule has 0 radical (unpaired) electrons. The van der Waals surface area contributed by atoms with Crippen LogP contribution in [0, 0.1) is 19.8 Å². The number of hydrogen-bond acceptors (Lipinski definition) is 5. The van der Waals surface area contributed by atoms with Crippen molar-refractivity contribution in [3.8, 4) is 5.75 Å². The van der Waals surface area contributed by atoms with E-state index in [0.29, 0.717) is 12.2 Å². The van der Waals surface area contributed by atoms with Crippen LogP contribution in [-0.4, -0.2) is 44.8 Å². The number of para-hydroxylation sites is 1. The summed E-state index contributed by atoms with van der Waals surface area (Å²) in [6.07, 6.45) is 2.07. The lowest BCUT2D eigenvalue weighted by Crippen LogP contribution is -2.47. The standard InChI is InChI=1S/C25H34N4O3/c1-17(2)14-22(27-23(30)16-32-24-18(3)8-7-9-19(24)4)25(31)28-26-15-20-10-12-21(13-11-20)29(5)6/h7-13,15,17,22H,14,16H2,1-6H3,(H,27,30)(H,28,31)/b26-15-/t22-/m1/s1. The van der Waals surface area contributed by atoms with Crippen LogP contribution in [0.5, 0.6) is 5.75 Å². The third-order valence-electron chi connectivity index (χ3n) is 4.91. The number of carbonyl (C=O) groups excluding carboxylic acids is 2. The molecule has 7 nitrogen and oxygen atoms in total. The van der Waals surface area contributed by atoms with Crippen molar-refractivity contribution < 1.29 is 14.3 Å². The maximum atomic E-state index is 12.6. The number of amides is 2. The van der Waals surface area contributed by atoms with Crippen molar-refractivity contribution in [2.45, 2.75) is 40.2 Å². The van der Waals surface area contributed by atoms with E-state index in [2.05, 4.69) is 15.8 Å². The highest BCUT2D eigenvalue weighted by Gasteiger charge is 2.22. The zero-order valence-corrected chi connectivity index (χ0v) is 19.8. The van der Waals surface area contributed by atoms with Crippen molar-refractivity contribution in [1.82, 2.24) is 10.7 Å². The number of nitrogens with zero attached hydrogens (tertiary/aromatic N) is 2. The van der Waals surface area contributed by atoms with E-state index in [0.717, 1.165) is 22.4 Å². The molecule has 0 bridgehead atoms. The quantitative estimate of drug-likeness (QED) is 0.440. The summed E-state index contributed by atoms with van der Waals surface area (Å²) in [6, 6.07) is 12.9. The highest BCUT2D eigenvalue weighted by atomic mass is 16.5. The molecular weight excluding hydrogens is 404 g/mol. The molecule has 2 N–H and O–H groups in total. The van der Waals surface area contributed by atoms with Gasteiger partial charge in [-0.2, -0.15) is 5.10 Å². The molecule has 2 aromatic carbocycles. The smallest absolute Gasteiger partial charge is 0.262 e. The summed E-state index contributed by atoms with van der Waals surface area (Å²) in [7, 11) is 3.94. The molecule has 0 aromatic heterocycles. The molecular formula is C25H34N4O3. The van der Waals surface area contributed by atoms with Crippen LogP contribution in [0.1, 0.15) is 37.0 Å². The Morgan fingerprint density at radius 2 is 1.69 bits per heavy atom. The minimum absolute atomic E-state index is 0.158. The highest BCUT2D eigenvalue weighted by Crippen LogP contribution is 2.22. The Morgan fingerprint density at radius 1 is 1.06 bits per heavy atom. The lowest BCUT2D eigenvalue weighted by Gasteiger charge is -2.19. The number of carbonyl (C=O) groups is 2. The summed E-state index contributed by atoms with van der Waals surface area (Å²) in [4.78, 5) is 27.1. The summed E-state index contributed by atoms with van der Waals surface area (Å²) in [6.45, 7) is 7.70. The molecule has 0 fully saturated rings. The second-order valence-corrected chi connectivity index (χ2v) is 8.48. The van der Waals surface area contributed by atoms with Gasteiger partial charge >= 0.3 is 0 Å². The molecule has 0 spiro atoms. The zero-order chi connectivity index (χ0) is 23.7. The first-order valence-electron chi connectivity index (χ1n) is 10.8. The maximum Gasteiger partial charge on any atom is 0.262 e. The summed E-state index contributed by atoms with van der Waals surface area (Å²) in [5.74, 6) is 0.197. The van der Waals surface area contributed by atoms with Crippen molar-refractivity contribution >= 4 is 23.7 Å². The molecule has 1 atom stereocenters. The lowest BCUT2D eigenvalue weighted by atomic mass is 10.0. The van der Waals surface area contributed by atoms with Crippen LogP contribution >= 0.6 is 0 Å². The second kappa shape index (κ2) is 11.9. The summed E-state index contributed by atoms with van der Waals surface area (Å²) in [5, 5.41) is 6.82. The van der Waals surface area contributed by atoms with Gasteiger partial charge in [0, 0.05) is 19.8 Å². The van der Waals surface area contributed by atoms with Gasteiger partial charge in [0.25, 0.3) is 11.8 Å². The molecule has 2 rings (SSSR count). The largest absolute Gasteiger partial charge is 0.483 e. The van der Waals surface area contributed by atoms with Gasteiger partial charge in [0.1, 0.15) is 11.8 Å². The van der Waals surface area contributed by atoms with Crippen LogP contribution in [-0.2, 0) is 9.59 Å². The number of rotatable bonds is 10. The maximum absolute atomic E-state index is 12.6. The van der Waals surface area contributed by atoms with Gasteiger partial charge in [0.05, 0.1) is 6.21 Å². The Labute approximate surface area is 190 Å². The molecule has 2 amide bonds. The van der Waals surface area contributed by atoms with Crippen LogP contribution in [0.15, 0.2) is 47.6 Å². The molecule has 0 heterocycles. The first-order chi connectivity index (χ1) is 15.2. The lowest BCUT2D eigenvalue weighted by molar-refractivity contribution is -0.130. The molecule has 32 heavy (non-hydrogen) atoms. The summed E-state index contributed by atoms with van der Waals surface area (Å²) >= 11 is 0. The van der Waals surface area contributed by atoms with Crippen LogP contribution < -0.4 is 20.4 Å². The predicted molar refractivity (Wildman–Crippen MR) is 129 cm³/mol. The van der Waals surface area contributed by atoms with E-state index < -0.39 is 6.04 Å². The van der Waals surface area contributed by atoms with Gasteiger partial charge in [0.15, 0.2) is 6.61 Å². The second-order valence-electron chi connectivity index (χ2n) is 8.48. The summed E-state index contributed by atoms with van der Waals surface area (Å²) in [5.41, 5.74) is 6.40. The fourth-order valence-corrected chi connectivity index (χ4v) is 3.21. The van der Waals surface area contributed by atoms with Gasteiger partial charge in [-0.1, -0.05) is 44.2 Å². The van der Waals surface area contributed by atoms with Crippen LogP contribution in [0.4, 0.5) is 5.69 Å². The minimum atomic E-state index is -0.697. The molecule has 2 aromatic rings. The van der Waals surface area contributed by atoms with E-state index in [4.69, 9.17) is 4.74 Å². The number of aryl methyl sites for hydroxylation is 2. The monoisotopic (exact) mass is 438 g/mol. The Hall–Kier alpha value is -3.35. The van der Waals surface area contributed by atoms with Gasteiger partial charge in [-0.05, 0) is 55.0 Å². The fraction of sp³-hybridized carbons (Fsp3) is 0.400. The zero-order valence-electron chi connectivity index (χ0n) is 19.8. The van der Waals surface area contributed by atoms with Crippen LogP contribution in [0.25, 0.3) is 0 Å². The predicted octanol–water partition coefficient (Wildman–Crippen LogP) is 3.43. The normalized spacial score (nSPS) is 12.0. The number of ether oxygens (including phenoxy) is 1. The first kappa shape index (κ1) is 24.9. The average molecular weight is 439 g/mol. The van der Waals surface area contributed by atoms with E-state index in [-0.39, 0.29) is 24.3 Å². The van der Waals surface area contributed by atoms with Gasteiger partial charge in [-0.25, -0.2) is 5.43 Å². The van der Waals surface area contributed by atoms with E-state index in [9.17, 15) is 9.59 Å². The minimum Gasteiger partial charge on any atom is -0.483 e. The number of hydrogen-bond donors (Lipinski definition) is 2. The molecule has 172 valence electrons. The molecule has 0 aliphatic rings. The molecule has 0 aliphatic carbocycles. The Morgan fingerprint density at radius 3 is 2.25 bits per heavy atom. The van der Waals surface area contributed by atoms with E-state index >= 15 is 0 Å². The Balaban J connectivity index is 1.94. The number of benzene rings is 2. The summed E-state index contributed by atoms with van der Waals surface area (Å²) < 4.78 is 5.70. The third-order valence-corrected chi connectivity index (χ3v) is 4.91. The van der Waals surface area contributed by atoms with Gasteiger partial charge < -0.3 is 15.0 Å². The third kappa shape index (κ3) is 7.72.